The number of hydrogen-bond donors (Lipinski definition) is 6. The van der Waals surface area contributed by atoms with Crippen molar-refractivity contribution >= 4 is 45.8 Å². The summed E-state index contributed by atoms with van der Waals surface area (Å²) in [6.07, 6.45) is 0.312. The van der Waals surface area contributed by atoms with Crippen molar-refractivity contribution in [2.75, 3.05) is 14.1 Å². The Morgan fingerprint density at radius 3 is 2.45 bits per heavy atom. The van der Waals surface area contributed by atoms with Crippen LogP contribution in [-0.4, -0.2) is 68.5 Å². The van der Waals surface area contributed by atoms with Crippen molar-refractivity contribution < 1.29 is 34.8 Å². The average molecular weight is 569 g/mol. The number of aliphatic hydroxyl groups is 3. The van der Waals surface area contributed by atoms with Crippen LogP contribution in [0.4, 0.5) is 0 Å². The molecule has 11 heteroatoms. The SMILES string of the molecule is CN(C)C1C(=O)C(C(N)=O)=C(O)[C@@]2(O)C(=O)C3=C(O)c4c(O)c(CN)cc(I)c4C[C@H]3C[C@@H]12. The fraction of sp³-hybridized carbons (Fsp3) is 0.409. The van der Waals surface area contributed by atoms with Crippen LogP contribution in [0.1, 0.15) is 23.1 Å². The Hall–Kier alpha value is -2.48. The summed E-state index contributed by atoms with van der Waals surface area (Å²) in [6.45, 7) is -0.000755. The molecule has 1 aromatic rings. The number of amides is 1. The lowest BCUT2D eigenvalue weighted by molar-refractivity contribution is -0.153. The Bertz CT molecular complexity index is 1190. The quantitative estimate of drug-likeness (QED) is 0.216. The number of primary amides is 1. The predicted molar refractivity (Wildman–Crippen MR) is 125 cm³/mol. The van der Waals surface area contributed by atoms with Crippen LogP contribution in [0.25, 0.3) is 5.76 Å². The van der Waals surface area contributed by atoms with Crippen LogP contribution in [-0.2, 0) is 27.3 Å². The Labute approximate surface area is 202 Å². The van der Waals surface area contributed by atoms with Crippen LogP contribution < -0.4 is 11.5 Å². The number of halogens is 1. The highest BCUT2D eigenvalue weighted by molar-refractivity contribution is 14.1. The minimum Gasteiger partial charge on any atom is -0.508 e. The second kappa shape index (κ2) is 7.79. The van der Waals surface area contributed by atoms with Crippen molar-refractivity contribution in [2.24, 2.45) is 23.3 Å². The number of ketones is 2. The summed E-state index contributed by atoms with van der Waals surface area (Å²) in [5, 5.41) is 44.1. The maximum atomic E-state index is 13.7. The fourth-order valence-electron chi connectivity index (χ4n) is 5.47. The van der Waals surface area contributed by atoms with Crippen molar-refractivity contribution in [3.63, 3.8) is 0 Å². The van der Waals surface area contributed by atoms with E-state index in [1.165, 1.54) is 4.90 Å². The molecule has 1 saturated carbocycles. The highest BCUT2D eigenvalue weighted by Crippen LogP contribution is 2.53. The van der Waals surface area contributed by atoms with Gasteiger partial charge in [0.05, 0.1) is 11.6 Å². The number of aromatic hydroxyl groups is 1. The summed E-state index contributed by atoms with van der Waals surface area (Å²) < 4.78 is 0.738. The number of phenols is 1. The fourth-order valence-corrected chi connectivity index (χ4v) is 6.34. The third-order valence-corrected chi connectivity index (χ3v) is 7.93. The van der Waals surface area contributed by atoms with Crippen LogP contribution in [0.2, 0.25) is 0 Å². The third-order valence-electron chi connectivity index (χ3n) is 6.97. The molecule has 0 spiro atoms. The van der Waals surface area contributed by atoms with Crippen LogP contribution in [0.3, 0.4) is 0 Å². The number of rotatable bonds is 3. The highest BCUT2D eigenvalue weighted by atomic mass is 127. The number of fused-ring (bicyclic) bond motifs is 3. The molecule has 1 aromatic carbocycles. The first-order valence-electron chi connectivity index (χ1n) is 10.3. The number of Topliss-reactive ketones (excluding diaryl/α,β-unsaturated/α-hetero) is 2. The Balaban J connectivity index is 2.00. The standard InChI is InChI=1S/C22H24IN3O7/c1-26(2)15-10-4-7-3-9-11(23)5-8(6-24)16(27)13(9)17(28)12(7)19(30)22(10,33)20(31)14(18(15)29)21(25)32/h5,7,10,15,27-28,31,33H,3-4,6,24H2,1-2H3,(H2,25,32)/t7-,10-,15?,22-/m0/s1. The first-order valence-corrected chi connectivity index (χ1v) is 11.3. The lowest BCUT2D eigenvalue weighted by Gasteiger charge is -2.50. The zero-order chi connectivity index (χ0) is 24.6. The zero-order valence-electron chi connectivity index (χ0n) is 17.9. The van der Waals surface area contributed by atoms with Crippen molar-refractivity contribution in [3.8, 4) is 5.75 Å². The molecule has 176 valence electrons. The summed E-state index contributed by atoms with van der Waals surface area (Å²) in [6, 6.07) is 0.601. The van der Waals surface area contributed by atoms with Crippen molar-refractivity contribution in [1.82, 2.24) is 4.90 Å². The minimum atomic E-state index is -2.64. The molecule has 1 amide bonds. The predicted octanol–water partition coefficient (Wildman–Crippen LogP) is 0.0273. The van der Waals surface area contributed by atoms with Gasteiger partial charge in [-0.25, -0.2) is 0 Å². The molecule has 3 aliphatic carbocycles. The molecule has 0 saturated heterocycles. The number of nitrogens with zero attached hydrogens (tertiary/aromatic N) is 1. The van der Waals surface area contributed by atoms with Crippen LogP contribution in [0.15, 0.2) is 23.0 Å². The Kier molecular flexibility index (Phi) is 5.59. The molecule has 0 radical (unpaired) electrons. The molecule has 0 aliphatic heterocycles. The monoisotopic (exact) mass is 569 g/mol. The van der Waals surface area contributed by atoms with E-state index >= 15 is 0 Å². The molecule has 33 heavy (non-hydrogen) atoms. The van der Waals surface area contributed by atoms with Gasteiger partial charge in [-0.05, 0) is 67.1 Å². The van der Waals surface area contributed by atoms with Gasteiger partial charge in [0, 0.05) is 27.2 Å². The number of hydrogen-bond acceptors (Lipinski definition) is 9. The van der Waals surface area contributed by atoms with E-state index in [9.17, 15) is 34.8 Å². The summed E-state index contributed by atoms with van der Waals surface area (Å²) in [4.78, 5) is 40.1. The van der Waals surface area contributed by atoms with Crippen LogP contribution in [0.5, 0.6) is 5.75 Å². The van der Waals surface area contributed by atoms with E-state index < -0.39 is 58.0 Å². The van der Waals surface area contributed by atoms with E-state index in [0.29, 0.717) is 11.1 Å². The van der Waals surface area contributed by atoms with E-state index in [0.717, 1.165) is 3.57 Å². The Morgan fingerprint density at radius 2 is 1.91 bits per heavy atom. The molecule has 0 heterocycles. The molecule has 1 unspecified atom stereocenters. The summed E-state index contributed by atoms with van der Waals surface area (Å²) in [5.74, 6) is -6.64. The molecule has 4 atom stereocenters. The summed E-state index contributed by atoms with van der Waals surface area (Å²) >= 11 is 2.06. The molecule has 4 rings (SSSR count). The first-order chi connectivity index (χ1) is 15.4. The lowest BCUT2D eigenvalue weighted by atomic mass is 9.57. The summed E-state index contributed by atoms with van der Waals surface area (Å²) in [7, 11) is 3.12. The topological polar surface area (TPSA) is 187 Å². The van der Waals surface area contributed by atoms with Crippen LogP contribution >= 0.6 is 22.6 Å². The molecule has 8 N–H and O–H groups in total. The smallest absolute Gasteiger partial charge is 0.255 e. The van der Waals surface area contributed by atoms with Gasteiger partial charge in [0.2, 0.25) is 5.78 Å². The lowest BCUT2D eigenvalue weighted by Crippen LogP contribution is -2.65. The second-order valence-corrected chi connectivity index (χ2v) is 10.0. The third kappa shape index (κ3) is 3.06. The number of likely N-dealkylation sites (N-methyl/N-ethyl adjacent to an activating group) is 1. The number of nitrogens with two attached hydrogens (primary N) is 2. The average Bonchev–Trinajstić information content (AvgIpc) is 2.72. The molecule has 0 bridgehead atoms. The van der Waals surface area contributed by atoms with Gasteiger partial charge >= 0.3 is 0 Å². The van der Waals surface area contributed by atoms with Gasteiger partial charge in [0.25, 0.3) is 5.91 Å². The summed E-state index contributed by atoms with van der Waals surface area (Å²) in [5.41, 5.74) is 8.40. The van der Waals surface area contributed by atoms with E-state index in [1.54, 1.807) is 20.2 Å². The van der Waals surface area contributed by atoms with Gasteiger partial charge in [-0.3, -0.25) is 19.3 Å². The minimum absolute atomic E-state index is 0.000755. The largest absolute Gasteiger partial charge is 0.508 e. The van der Waals surface area contributed by atoms with Crippen molar-refractivity contribution in [2.45, 2.75) is 31.0 Å². The van der Waals surface area contributed by atoms with E-state index in [2.05, 4.69) is 22.6 Å². The van der Waals surface area contributed by atoms with Gasteiger partial charge in [0.1, 0.15) is 22.8 Å². The number of aliphatic hydroxyl groups excluding tert-OH is 2. The van der Waals surface area contributed by atoms with E-state index in [-0.39, 0.29) is 36.3 Å². The molecule has 10 nitrogen and oxygen atoms in total. The maximum absolute atomic E-state index is 13.7. The second-order valence-electron chi connectivity index (χ2n) is 8.89. The molecular weight excluding hydrogens is 545 g/mol. The molecule has 0 aromatic heterocycles. The van der Waals surface area contributed by atoms with E-state index in [1.807, 2.05) is 0 Å². The molecule has 1 fully saturated rings. The number of carbonyl (C=O) groups is 3. The van der Waals surface area contributed by atoms with Gasteiger partial charge in [-0.15, -0.1) is 0 Å². The van der Waals surface area contributed by atoms with Crippen LogP contribution in [0, 0.1) is 15.4 Å². The van der Waals surface area contributed by atoms with Gasteiger partial charge in [0.15, 0.2) is 11.4 Å². The number of phenolic OH excluding ortho intramolecular Hbond substituents is 1. The van der Waals surface area contributed by atoms with Gasteiger partial charge < -0.3 is 31.9 Å². The highest BCUT2D eigenvalue weighted by Gasteiger charge is 2.64. The Morgan fingerprint density at radius 1 is 1.27 bits per heavy atom. The van der Waals surface area contributed by atoms with Crippen molar-refractivity contribution in [3.05, 3.63) is 43.2 Å². The first kappa shape index (κ1) is 23.7. The molecular formula is C22H24IN3O7. The zero-order valence-corrected chi connectivity index (χ0v) is 20.1. The van der Waals surface area contributed by atoms with Gasteiger partial charge in [-0.1, -0.05) is 0 Å². The van der Waals surface area contributed by atoms with Gasteiger partial charge in [-0.2, -0.15) is 0 Å². The number of benzene rings is 1. The maximum Gasteiger partial charge on any atom is 0.255 e. The normalized spacial score (nSPS) is 29.2. The van der Waals surface area contributed by atoms with Crippen molar-refractivity contribution in [1.29, 1.82) is 0 Å². The van der Waals surface area contributed by atoms with E-state index in [4.69, 9.17) is 11.5 Å². The number of carbonyl (C=O) groups excluding carboxylic acids is 3. The molecule has 3 aliphatic rings.